The monoisotopic (exact) mass is 520 g/mol. The van der Waals surface area contributed by atoms with Gasteiger partial charge in [-0.25, -0.2) is 15.0 Å². The van der Waals surface area contributed by atoms with Gasteiger partial charge in [0.15, 0.2) is 11.5 Å². The lowest BCUT2D eigenvalue weighted by Crippen LogP contribution is -2.06. The third kappa shape index (κ3) is 4.89. The number of rotatable bonds is 8. The lowest BCUT2D eigenvalue weighted by molar-refractivity contribution is -0.111. The molecule has 0 bridgehead atoms. The molecule has 196 valence electrons. The Hall–Kier alpha value is -5.18. The molecule has 0 saturated carbocycles. The first-order valence-electron chi connectivity index (χ1n) is 12.4. The van der Waals surface area contributed by atoms with Gasteiger partial charge in [0, 0.05) is 30.1 Å². The first kappa shape index (κ1) is 25.5. The van der Waals surface area contributed by atoms with Gasteiger partial charge in [0.05, 0.1) is 18.2 Å². The van der Waals surface area contributed by atoms with E-state index in [0.717, 1.165) is 39.9 Å². The van der Waals surface area contributed by atoms with Gasteiger partial charge in [0.25, 0.3) is 0 Å². The molecule has 2 aromatic carbocycles. The van der Waals surface area contributed by atoms with Crippen molar-refractivity contribution in [3.05, 3.63) is 85.3 Å². The SMILES string of the molecule is C=CC(=O)Nc1ccc(-c2c(-c3ccc(Oc4cccc(CC)n4)c(OC)c3)c3c(N)ncnc3n2C)cc1. The number of benzene rings is 2. The normalized spacial score (nSPS) is 10.8. The molecule has 0 aliphatic rings. The van der Waals surface area contributed by atoms with Crippen LogP contribution in [0.3, 0.4) is 0 Å². The van der Waals surface area contributed by atoms with E-state index in [1.807, 2.05) is 79.2 Å². The van der Waals surface area contributed by atoms with Crippen molar-refractivity contribution in [3.8, 4) is 39.8 Å². The first-order valence-corrected chi connectivity index (χ1v) is 12.4. The lowest BCUT2D eigenvalue weighted by Gasteiger charge is -2.14. The standard InChI is InChI=1S/C30H28N6O3/c1-5-20-8-7-9-25(35-20)39-22-15-12-19(16-23(22)38-4)26-27-29(31)32-17-33-30(27)36(3)28(26)18-10-13-21(14-11-18)34-24(37)6-2/h6-17H,2,5H2,1,3-4H3,(H,34,37)(H2,31,32,33). The van der Waals surface area contributed by atoms with Crippen LogP contribution >= 0.6 is 0 Å². The van der Waals surface area contributed by atoms with Crippen molar-refractivity contribution in [2.75, 3.05) is 18.2 Å². The summed E-state index contributed by atoms with van der Waals surface area (Å²) in [5.74, 6) is 1.66. The fraction of sp³-hybridized carbons (Fsp3) is 0.133. The smallest absolute Gasteiger partial charge is 0.247 e. The zero-order valence-corrected chi connectivity index (χ0v) is 21.9. The maximum absolute atomic E-state index is 11.7. The molecule has 3 aromatic heterocycles. The number of hydrogen-bond acceptors (Lipinski definition) is 7. The fourth-order valence-corrected chi connectivity index (χ4v) is 4.53. The van der Waals surface area contributed by atoms with Gasteiger partial charge < -0.3 is 25.1 Å². The third-order valence-electron chi connectivity index (χ3n) is 6.42. The van der Waals surface area contributed by atoms with Gasteiger partial charge in [-0.3, -0.25) is 4.79 Å². The number of methoxy groups -OCH3 is 1. The van der Waals surface area contributed by atoms with Crippen LogP contribution in [0.4, 0.5) is 11.5 Å². The summed E-state index contributed by atoms with van der Waals surface area (Å²) in [5.41, 5.74) is 12.2. The lowest BCUT2D eigenvalue weighted by atomic mass is 9.98. The quantitative estimate of drug-likeness (QED) is 0.250. The van der Waals surface area contributed by atoms with Gasteiger partial charge in [0.1, 0.15) is 17.8 Å². The number of aryl methyl sites for hydroxylation is 2. The molecule has 1 amide bonds. The Labute approximate surface area is 226 Å². The van der Waals surface area contributed by atoms with Crippen LogP contribution < -0.4 is 20.5 Å². The molecule has 9 nitrogen and oxygen atoms in total. The minimum absolute atomic E-state index is 0.276. The molecule has 0 spiro atoms. The van der Waals surface area contributed by atoms with E-state index in [0.29, 0.717) is 34.5 Å². The number of nitrogens with zero attached hydrogens (tertiary/aromatic N) is 4. The molecule has 0 aliphatic carbocycles. The van der Waals surface area contributed by atoms with Crippen LogP contribution in [0.25, 0.3) is 33.4 Å². The summed E-state index contributed by atoms with van der Waals surface area (Å²) in [6.45, 7) is 5.54. The Morgan fingerprint density at radius 1 is 1.08 bits per heavy atom. The Morgan fingerprint density at radius 2 is 1.85 bits per heavy atom. The predicted octanol–water partition coefficient (Wildman–Crippen LogP) is 5.77. The average molecular weight is 521 g/mol. The van der Waals surface area contributed by atoms with Crippen LogP contribution in [-0.2, 0) is 18.3 Å². The van der Waals surface area contributed by atoms with Crippen LogP contribution in [0, 0.1) is 0 Å². The Balaban J connectivity index is 1.63. The minimum Gasteiger partial charge on any atom is -0.493 e. The number of pyridine rings is 1. The number of nitrogens with one attached hydrogen (secondary N) is 1. The maximum Gasteiger partial charge on any atom is 0.247 e. The number of amides is 1. The summed E-state index contributed by atoms with van der Waals surface area (Å²) in [5, 5.41) is 3.50. The Kier molecular flexibility index (Phi) is 6.96. The molecular weight excluding hydrogens is 492 g/mol. The molecule has 0 radical (unpaired) electrons. The summed E-state index contributed by atoms with van der Waals surface area (Å²) in [4.78, 5) is 25.0. The number of nitrogen functional groups attached to an aromatic ring is 1. The van der Waals surface area contributed by atoms with E-state index in [4.69, 9.17) is 15.2 Å². The van der Waals surface area contributed by atoms with Gasteiger partial charge in [-0.2, -0.15) is 0 Å². The van der Waals surface area contributed by atoms with Crippen LogP contribution in [0.15, 0.2) is 79.6 Å². The highest BCUT2D eigenvalue weighted by molar-refractivity contribution is 6.08. The highest BCUT2D eigenvalue weighted by Gasteiger charge is 2.23. The Bertz CT molecular complexity index is 1690. The van der Waals surface area contributed by atoms with Crippen molar-refractivity contribution >= 4 is 28.4 Å². The summed E-state index contributed by atoms with van der Waals surface area (Å²) in [6.07, 6.45) is 3.49. The van der Waals surface area contributed by atoms with E-state index in [-0.39, 0.29) is 5.91 Å². The average Bonchev–Trinajstić information content (AvgIpc) is 3.27. The molecule has 0 unspecified atom stereocenters. The summed E-state index contributed by atoms with van der Waals surface area (Å²) in [6, 6.07) is 18.9. The van der Waals surface area contributed by atoms with E-state index < -0.39 is 0 Å². The van der Waals surface area contributed by atoms with Gasteiger partial charge in [-0.05, 0) is 54.0 Å². The van der Waals surface area contributed by atoms with Gasteiger partial charge in [0.2, 0.25) is 11.8 Å². The predicted molar refractivity (Wildman–Crippen MR) is 153 cm³/mol. The number of anilines is 2. The van der Waals surface area contributed by atoms with Crippen LogP contribution in [0.2, 0.25) is 0 Å². The van der Waals surface area contributed by atoms with Gasteiger partial charge >= 0.3 is 0 Å². The van der Waals surface area contributed by atoms with Crippen LogP contribution in [0.1, 0.15) is 12.6 Å². The van der Waals surface area contributed by atoms with Crippen LogP contribution in [0.5, 0.6) is 17.4 Å². The molecule has 39 heavy (non-hydrogen) atoms. The fourth-order valence-electron chi connectivity index (χ4n) is 4.53. The Morgan fingerprint density at radius 3 is 2.56 bits per heavy atom. The van der Waals surface area contributed by atoms with Gasteiger partial charge in [-0.15, -0.1) is 0 Å². The highest BCUT2D eigenvalue weighted by atomic mass is 16.5. The van der Waals surface area contributed by atoms with E-state index in [1.54, 1.807) is 7.11 Å². The largest absolute Gasteiger partial charge is 0.493 e. The molecule has 3 heterocycles. The molecule has 0 saturated heterocycles. The minimum atomic E-state index is -0.276. The van der Waals surface area contributed by atoms with Crippen molar-refractivity contribution in [2.24, 2.45) is 7.05 Å². The first-order chi connectivity index (χ1) is 18.9. The highest BCUT2D eigenvalue weighted by Crippen LogP contribution is 2.44. The summed E-state index contributed by atoms with van der Waals surface area (Å²) in [7, 11) is 3.53. The topological polar surface area (TPSA) is 117 Å². The summed E-state index contributed by atoms with van der Waals surface area (Å²) < 4.78 is 13.8. The number of ether oxygens (including phenoxy) is 2. The molecular formula is C30H28N6O3. The molecule has 0 aliphatic heterocycles. The van der Waals surface area contributed by atoms with Crippen molar-refractivity contribution < 1.29 is 14.3 Å². The van der Waals surface area contributed by atoms with Crippen molar-refractivity contribution in [1.29, 1.82) is 0 Å². The second-order valence-electron chi connectivity index (χ2n) is 8.80. The molecule has 9 heteroatoms. The summed E-state index contributed by atoms with van der Waals surface area (Å²) >= 11 is 0. The van der Waals surface area contributed by atoms with Gasteiger partial charge in [-0.1, -0.05) is 37.8 Å². The zero-order valence-electron chi connectivity index (χ0n) is 21.9. The second-order valence-corrected chi connectivity index (χ2v) is 8.80. The maximum atomic E-state index is 11.7. The van der Waals surface area contributed by atoms with E-state index in [2.05, 4.69) is 26.8 Å². The number of hydrogen-bond donors (Lipinski definition) is 2. The van der Waals surface area contributed by atoms with E-state index in [9.17, 15) is 4.79 Å². The molecule has 0 atom stereocenters. The number of carbonyl (C=O) groups is 1. The number of aromatic nitrogens is 4. The molecule has 5 rings (SSSR count). The number of fused-ring (bicyclic) bond motifs is 1. The molecule has 0 fully saturated rings. The number of carbonyl (C=O) groups excluding carboxylic acids is 1. The third-order valence-corrected chi connectivity index (χ3v) is 6.42. The zero-order chi connectivity index (χ0) is 27.5. The molecule has 5 aromatic rings. The van der Waals surface area contributed by atoms with Crippen molar-refractivity contribution in [3.63, 3.8) is 0 Å². The molecule has 3 N–H and O–H groups in total. The van der Waals surface area contributed by atoms with E-state index >= 15 is 0 Å². The van der Waals surface area contributed by atoms with E-state index in [1.165, 1.54) is 12.4 Å². The second kappa shape index (κ2) is 10.7. The van der Waals surface area contributed by atoms with Crippen molar-refractivity contribution in [2.45, 2.75) is 13.3 Å². The van der Waals surface area contributed by atoms with Crippen molar-refractivity contribution in [1.82, 2.24) is 19.5 Å². The number of nitrogens with two attached hydrogens (primary N) is 1. The van der Waals surface area contributed by atoms with Crippen LogP contribution in [-0.4, -0.2) is 32.5 Å².